The maximum absolute atomic E-state index is 11.6. The highest BCUT2D eigenvalue weighted by molar-refractivity contribution is 5.67. The molecule has 0 aromatic heterocycles. The third-order valence-corrected chi connectivity index (χ3v) is 2.65. The van der Waals surface area contributed by atoms with E-state index in [2.05, 4.69) is 36.3 Å². The van der Waals surface area contributed by atoms with Crippen LogP contribution in [-0.4, -0.2) is 31.3 Å². The third-order valence-electron chi connectivity index (χ3n) is 2.65. The van der Waals surface area contributed by atoms with Gasteiger partial charge in [0.2, 0.25) is 0 Å². The Morgan fingerprint density at radius 1 is 1.26 bits per heavy atom. The highest BCUT2D eigenvalue weighted by atomic mass is 16.6. The van der Waals surface area contributed by atoms with Crippen LogP contribution in [0.2, 0.25) is 0 Å². The van der Waals surface area contributed by atoms with Crippen molar-refractivity contribution in [3.05, 3.63) is 0 Å². The van der Waals surface area contributed by atoms with E-state index >= 15 is 0 Å². The van der Waals surface area contributed by atoms with Crippen molar-refractivity contribution in [2.45, 2.75) is 47.1 Å². The van der Waals surface area contributed by atoms with Crippen LogP contribution in [0.25, 0.3) is 0 Å². The summed E-state index contributed by atoms with van der Waals surface area (Å²) in [5, 5.41) is 6.10. The molecule has 0 spiro atoms. The molecule has 0 aromatic rings. The van der Waals surface area contributed by atoms with Crippen LogP contribution < -0.4 is 10.6 Å². The number of carbonyl (C=O) groups is 1. The Labute approximate surface area is 117 Å². The minimum absolute atomic E-state index is 0.355. The SMILES string of the molecule is CC#CCNCC(CNC(=O)OC(C)(C)C)C(C)C. The Morgan fingerprint density at radius 3 is 2.37 bits per heavy atom. The summed E-state index contributed by atoms with van der Waals surface area (Å²) in [6.45, 7) is 13.8. The van der Waals surface area contributed by atoms with Gasteiger partial charge in [-0.1, -0.05) is 19.8 Å². The van der Waals surface area contributed by atoms with Gasteiger partial charge in [0, 0.05) is 13.1 Å². The summed E-state index contributed by atoms with van der Waals surface area (Å²) in [6.07, 6.45) is -0.355. The number of amides is 1. The van der Waals surface area contributed by atoms with Crippen LogP contribution in [0.1, 0.15) is 41.5 Å². The summed E-state index contributed by atoms with van der Waals surface area (Å²) >= 11 is 0. The zero-order chi connectivity index (χ0) is 14.9. The molecule has 4 heteroatoms. The largest absolute Gasteiger partial charge is 0.444 e. The first-order valence-corrected chi connectivity index (χ1v) is 6.83. The van der Waals surface area contributed by atoms with Crippen LogP contribution in [0.5, 0.6) is 0 Å². The van der Waals surface area contributed by atoms with Gasteiger partial charge < -0.3 is 15.4 Å². The highest BCUT2D eigenvalue weighted by Gasteiger charge is 2.18. The van der Waals surface area contributed by atoms with E-state index in [0.29, 0.717) is 24.9 Å². The molecule has 4 nitrogen and oxygen atoms in total. The summed E-state index contributed by atoms with van der Waals surface area (Å²) in [5.41, 5.74) is -0.452. The maximum atomic E-state index is 11.6. The number of hydrogen-bond donors (Lipinski definition) is 2. The summed E-state index contributed by atoms with van der Waals surface area (Å²) in [5.74, 6) is 6.66. The fraction of sp³-hybridized carbons (Fsp3) is 0.800. The van der Waals surface area contributed by atoms with Gasteiger partial charge in [0.05, 0.1) is 6.54 Å². The van der Waals surface area contributed by atoms with Crippen LogP contribution in [-0.2, 0) is 4.74 Å². The molecule has 0 radical (unpaired) electrons. The van der Waals surface area contributed by atoms with Crippen LogP contribution in [0, 0.1) is 23.7 Å². The van der Waals surface area contributed by atoms with Gasteiger partial charge in [0.1, 0.15) is 5.60 Å². The van der Waals surface area contributed by atoms with Gasteiger partial charge in [-0.3, -0.25) is 0 Å². The quantitative estimate of drug-likeness (QED) is 0.574. The molecule has 1 unspecified atom stereocenters. The molecule has 2 N–H and O–H groups in total. The smallest absolute Gasteiger partial charge is 0.407 e. The second kappa shape index (κ2) is 8.82. The molecule has 1 atom stereocenters. The van der Waals surface area contributed by atoms with E-state index in [1.54, 1.807) is 0 Å². The molecule has 0 rings (SSSR count). The van der Waals surface area contributed by atoms with E-state index in [1.807, 2.05) is 27.7 Å². The minimum Gasteiger partial charge on any atom is -0.444 e. The molecule has 0 fully saturated rings. The molecule has 110 valence electrons. The number of carbonyl (C=O) groups excluding carboxylic acids is 1. The Kier molecular flexibility index (Phi) is 8.26. The van der Waals surface area contributed by atoms with Gasteiger partial charge in [0.15, 0.2) is 0 Å². The second-order valence-electron chi connectivity index (χ2n) is 5.94. The minimum atomic E-state index is -0.452. The van der Waals surface area contributed by atoms with Crippen molar-refractivity contribution in [2.75, 3.05) is 19.6 Å². The molecule has 0 aliphatic rings. The van der Waals surface area contributed by atoms with E-state index < -0.39 is 5.60 Å². The average molecular weight is 268 g/mol. The molecule has 1 amide bonds. The molecule has 0 saturated carbocycles. The fourth-order valence-electron chi connectivity index (χ4n) is 1.48. The van der Waals surface area contributed by atoms with E-state index in [4.69, 9.17) is 4.74 Å². The lowest BCUT2D eigenvalue weighted by atomic mass is 9.96. The van der Waals surface area contributed by atoms with Crippen LogP contribution in [0.4, 0.5) is 4.79 Å². The number of alkyl carbamates (subject to hydrolysis) is 1. The zero-order valence-corrected chi connectivity index (χ0v) is 13.1. The van der Waals surface area contributed by atoms with Crippen LogP contribution in [0.3, 0.4) is 0 Å². The zero-order valence-electron chi connectivity index (χ0n) is 13.1. The molecule has 0 bridgehead atoms. The first kappa shape index (κ1) is 17.8. The Morgan fingerprint density at radius 2 is 1.89 bits per heavy atom. The number of rotatable bonds is 6. The topological polar surface area (TPSA) is 50.4 Å². The van der Waals surface area contributed by atoms with Crippen molar-refractivity contribution in [2.24, 2.45) is 11.8 Å². The lowest BCUT2D eigenvalue weighted by molar-refractivity contribution is 0.0515. The molecule has 0 aliphatic heterocycles. The van der Waals surface area contributed by atoms with Gasteiger partial charge in [-0.05, 0) is 39.5 Å². The molecule has 19 heavy (non-hydrogen) atoms. The predicted molar refractivity (Wildman–Crippen MR) is 78.9 cm³/mol. The number of hydrogen-bond acceptors (Lipinski definition) is 3. The monoisotopic (exact) mass is 268 g/mol. The lowest BCUT2D eigenvalue weighted by Crippen LogP contribution is -2.39. The summed E-state index contributed by atoms with van der Waals surface area (Å²) in [4.78, 5) is 11.6. The Bertz CT molecular complexity index is 321. The lowest BCUT2D eigenvalue weighted by Gasteiger charge is -2.24. The van der Waals surface area contributed by atoms with Gasteiger partial charge >= 0.3 is 6.09 Å². The average Bonchev–Trinajstić information content (AvgIpc) is 2.25. The third kappa shape index (κ3) is 10.4. The number of ether oxygens (including phenoxy) is 1. The van der Waals surface area contributed by atoms with Gasteiger partial charge in [-0.2, -0.15) is 0 Å². The Balaban J connectivity index is 4.06. The standard InChI is InChI=1S/C15H28N2O2/c1-7-8-9-16-10-13(12(2)3)11-17-14(18)19-15(4,5)6/h12-13,16H,9-11H2,1-6H3,(H,17,18). The van der Waals surface area contributed by atoms with Crippen molar-refractivity contribution in [3.63, 3.8) is 0 Å². The second-order valence-corrected chi connectivity index (χ2v) is 5.94. The van der Waals surface area contributed by atoms with Crippen molar-refractivity contribution in [1.29, 1.82) is 0 Å². The molecule has 0 aliphatic carbocycles. The number of nitrogens with one attached hydrogen (secondary N) is 2. The van der Waals surface area contributed by atoms with Crippen molar-refractivity contribution >= 4 is 6.09 Å². The van der Waals surface area contributed by atoms with Crippen LogP contribution in [0.15, 0.2) is 0 Å². The van der Waals surface area contributed by atoms with Gasteiger partial charge in [-0.15, -0.1) is 5.92 Å². The van der Waals surface area contributed by atoms with Crippen molar-refractivity contribution < 1.29 is 9.53 Å². The maximum Gasteiger partial charge on any atom is 0.407 e. The van der Waals surface area contributed by atoms with Gasteiger partial charge in [-0.25, -0.2) is 4.79 Å². The Hall–Kier alpha value is -1.21. The fourth-order valence-corrected chi connectivity index (χ4v) is 1.48. The van der Waals surface area contributed by atoms with Crippen molar-refractivity contribution in [3.8, 4) is 11.8 Å². The normalized spacial score (nSPS) is 12.6. The van der Waals surface area contributed by atoms with Crippen molar-refractivity contribution in [1.82, 2.24) is 10.6 Å². The van der Waals surface area contributed by atoms with E-state index in [0.717, 1.165) is 6.54 Å². The summed E-state index contributed by atoms with van der Waals surface area (Å²) in [7, 11) is 0. The predicted octanol–water partition coefficient (Wildman–Crippen LogP) is 2.40. The summed E-state index contributed by atoms with van der Waals surface area (Å²) in [6, 6.07) is 0. The van der Waals surface area contributed by atoms with E-state index in [-0.39, 0.29) is 6.09 Å². The van der Waals surface area contributed by atoms with E-state index in [9.17, 15) is 4.79 Å². The molecular weight excluding hydrogens is 240 g/mol. The molecule has 0 heterocycles. The first-order valence-electron chi connectivity index (χ1n) is 6.83. The van der Waals surface area contributed by atoms with Crippen LogP contribution >= 0.6 is 0 Å². The van der Waals surface area contributed by atoms with Gasteiger partial charge in [0.25, 0.3) is 0 Å². The van der Waals surface area contributed by atoms with E-state index in [1.165, 1.54) is 0 Å². The molecule has 0 saturated heterocycles. The summed E-state index contributed by atoms with van der Waals surface area (Å²) < 4.78 is 5.22. The molecular formula is C15H28N2O2. The first-order chi connectivity index (χ1) is 8.76. The highest BCUT2D eigenvalue weighted by Crippen LogP contribution is 2.10. The molecule has 0 aromatic carbocycles.